The Morgan fingerprint density at radius 1 is 1.62 bits per heavy atom. The molecule has 0 aromatic carbocycles. The molecule has 1 rings (SSSR count). The fourth-order valence-electron chi connectivity index (χ4n) is 1.26. The molecule has 5 nitrogen and oxygen atoms in total. The molecule has 0 aliphatic rings. The van der Waals surface area contributed by atoms with Gasteiger partial charge in [0.25, 0.3) is 5.91 Å². The van der Waals surface area contributed by atoms with Crippen molar-refractivity contribution in [1.82, 2.24) is 10.3 Å². The first-order valence-electron chi connectivity index (χ1n) is 5.04. The van der Waals surface area contributed by atoms with Crippen molar-refractivity contribution in [3.05, 3.63) is 16.6 Å². The van der Waals surface area contributed by atoms with Crippen LogP contribution in [0.4, 0.5) is 0 Å². The SMILES string of the molecule is CCC(CCC(=O)O)NC(=O)c1cscn1. The van der Waals surface area contributed by atoms with Crippen molar-refractivity contribution < 1.29 is 14.7 Å². The predicted octanol–water partition coefficient (Wildman–Crippen LogP) is 1.52. The first kappa shape index (κ1) is 12.6. The van der Waals surface area contributed by atoms with E-state index in [9.17, 15) is 9.59 Å². The maximum Gasteiger partial charge on any atom is 0.303 e. The summed E-state index contributed by atoms with van der Waals surface area (Å²) in [5, 5.41) is 13.0. The van der Waals surface area contributed by atoms with Gasteiger partial charge in [-0.2, -0.15) is 0 Å². The van der Waals surface area contributed by atoms with E-state index in [0.717, 1.165) is 0 Å². The third kappa shape index (κ3) is 3.98. The zero-order valence-corrected chi connectivity index (χ0v) is 9.79. The second-order valence-corrected chi connectivity index (χ2v) is 4.10. The van der Waals surface area contributed by atoms with Gasteiger partial charge in [0.15, 0.2) is 0 Å². The van der Waals surface area contributed by atoms with Gasteiger partial charge in [-0.15, -0.1) is 11.3 Å². The lowest BCUT2D eigenvalue weighted by Gasteiger charge is -2.14. The van der Waals surface area contributed by atoms with Crippen LogP contribution in [0.25, 0.3) is 0 Å². The number of nitrogens with zero attached hydrogens (tertiary/aromatic N) is 1. The Balaban J connectivity index is 2.44. The molecule has 6 heteroatoms. The van der Waals surface area contributed by atoms with Gasteiger partial charge in [0.05, 0.1) is 5.51 Å². The number of carboxylic acids is 1. The zero-order valence-electron chi connectivity index (χ0n) is 8.97. The van der Waals surface area contributed by atoms with Gasteiger partial charge in [0.1, 0.15) is 5.69 Å². The van der Waals surface area contributed by atoms with Gasteiger partial charge in [0, 0.05) is 17.8 Å². The van der Waals surface area contributed by atoms with Crippen molar-refractivity contribution in [2.75, 3.05) is 0 Å². The second kappa shape index (κ2) is 6.22. The highest BCUT2D eigenvalue weighted by Gasteiger charge is 2.14. The van der Waals surface area contributed by atoms with Gasteiger partial charge in [-0.3, -0.25) is 9.59 Å². The Morgan fingerprint density at radius 2 is 2.38 bits per heavy atom. The number of carbonyl (C=O) groups excluding carboxylic acids is 1. The van der Waals surface area contributed by atoms with E-state index < -0.39 is 5.97 Å². The van der Waals surface area contributed by atoms with E-state index in [1.54, 1.807) is 10.9 Å². The summed E-state index contributed by atoms with van der Waals surface area (Å²) in [6, 6.07) is -0.106. The maximum atomic E-state index is 11.6. The molecule has 0 saturated carbocycles. The van der Waals surface area contributed by atoms with Gasteiger partial charge < -0.3 is 10.4 Å². The Hall–Kier alpha value is -1.43. The molecule has 1 heterocycles. The van der Waals surface area contributed by atoms with Crippen LogP contribution in [0.5, 0.6) is 0 Å². The lowest BCUT2D eigenvalue weighted by atomic mass is 10.1. The Bertz CT molecular complexity index is 351. The molecule has 88 valence electrons. The lowest BCUT2D eigenvalue weighted by Crippen LogP contribution is -2.34. The van der Waals surface area contributed by atoms with Crippen LogP contribution < -0.4 is 5.32 Å². The highest BCUT2D eigenvalue weighted by molar-refractivity contribution is 7.07. The number of thiazole rings is 1. The maximum absolute atomic E-state index is 11.6. The molecule has 0 aliphatic heterocycles. The van der Waals surface area contributed by atoms with Crippen molar-refractivity contribution in [2.24, 2.45) is 0 Å². The Morgan fingerprint density at radius 3 is 2.88 bits per heavy atom. The quantitative estimate of drug-likeness (QED) is 0.792. The molecule has 2 N–H and O–H groups in total. The number of hydrogen-bond donors (Lipinski definition) is 2. The monoisotopic (exact) mass is 242 g/mol. The van der Waals surface area contributed by atoms with E-state index in [0.29, 0.717) is 18.5 Å². The number of carbonyl (C=O) groups is 2. The molecule has 0 fully saturated rings. The standard InChI is InChI=1S/C10H14N2O3S/c1-2-7(3-4-9(13)14)12-10(15)8-5-16-6-11-8/h5-7H,2-4H2,1H3,(H,12,15)(H,13,14). The third-order valence-electron chi connectivity index (χ3n) is 2.20. The minimum atomic E-state index is -0.846. The van der Waals surface area contributed by atoms with Crippen molar-refractivity contribution in [3.63, 3.8) is 0 Å². The van der Waals surface area contributed by atoms with E-state index in [1.807, 2.05) is 6.92 Å². The molecule has 1 aromatic heterocycles. The topological polar surface area (TPSA) is 79.3 Å². The predicted molar refractivity (Wildman–Crippen MR) is 60.5 cm³/mol. The molecule has 1 aromatic rings. The van der Waals surface area contributed by atoms with Gasteiger partial charge in [-0.05, 0) is 12.8 Å². The summed E-state index contributed by atoms with van der Waals surface area (Å²) in [5.74, 6) is -1.08. The summed E-state index contributed by atoms with van der Waals surface area (Å²) in [6.07, 6.45) is 1.22. The van der Waals surface area contributed by atoms with Crippen LogP contribution in [0.3, 0.4) is 0 Å². The van der Waals surface area contributed by atoms with E-state index in [1.165, 1.54) is 11.3 Å². The number of aromatic nitrogens is 1. The minimum absolute atomic E-state index is 0.0653. The largest absolute Gasteiger partial charge is 0.481 e. The summed E-state index contributed by atoms with van der Waals surface area (Å²) in [5.41, 5.74) is 1.98. The summed E-state index contributed by atoms with van der Waals surface area (Å²) >= 11 is 1.35. The summed E-state index contributed by atoms with van der Waals surface area (Å²) in [4.78, 5) is 25.9. The highest BCUT2D eigenvalue weighted by atomic mass is 32.1. The second-order valence-electron chi connectivity index (χ2n) is 3.38. The molecule has 0 spiro atoms. The van der Waals surface area contributed by atoms with E-state index in [4.69, 9.17) is 5.11 Å². The van der Waals surface area contributed by atoms with E-state index in [-0.39, 0.29) is 18.4 Å². The molecule has 1 amide bonds. The first-order chi connectivity index (χ1) is 7.63. The van der Waals surface area contributed by atoms with E-state index in [2.05, 4.69) is 10.3 Å². The van der Waals surface area contributed by atoms with Crippen LogP contribution in [0.2, 0.25) is 0 Å². The number of carboxylic acid groups (broad SMARTS) is 1. The van der Waals surface area contributed by atoms with Crippen LogP contribution in [-0.4, -0.2) is 28.0 Å². The molecular formula is C10H14N2O3S. The van der Waals surface area contributed by atoms with Crippen LogP contribution in [0, 0.1) is 0 Å². The average molecular weight is 242 g/mol. The smallest absolute Gasteiger partial charge is 0.303 e. The Kier molecular flexibility index (Phi) is 4.91. The van der Waals surface area contributed by atoms with Crippen molar-refractivity contribution in [1.29, 1.82) is 0 Å². The van der Waals surface area contributed by atoms with E-state index >= 15 is 0 Å². The van der Waals surface area contributed by atoms with Crippen LogP contribution >= 0.6 is 11.3 Å². The number of amides is 1. The van der Waals surface area contributed by atoms with Gasteiger partial charge in [-0.25, -0.2) is 4.98 Å². The number of rotatable bonds is 6. The number of hydrogen-bond acceptors (Lipinski definition) is 4. The first-order valence-corrected chi connectivity index (χ1v) is 5.98. The molecule has 0 aliphatic carbocycles. The van der Waals surface area contributed by atoms with Crippen LogP contribution in [0.1, 0.15) is 36.7 Å². The molecule has 0 saturated heterocycles. The minimum Gasteiger partial charge on any atom is -0.481 e. The molecular weight excluding hydrogens is 228 g/mol. The Labute approximate surface area is 97.5 Å². The molecule has 1 atom stereocenters. The van der Waals surface area contributed by atoms with Crippen LogP contribution in [0.15, 0.2) is 10.9 Å². The lowest BCUT2D eigenvalue weighted by molar-refractivity contribution is -0.137. The van der Waals surface area contributed by atoms with Crippen LogP contribution in [-0.2, 0) is 4.79 Å². The summed E-state index contributed by atoms with van der Waals surface area (Å²) < 4.78 is 0. The fraction of sp³-hybridized carbons (Fsp3) is 0.500. The zero-order chi connectivity index (χ0) is 12.0. The molecule has 1 unspecified atom stereocenters. The van der Waals surface area contributed by atoms with Crippen molar-refractivity contribution in [3.8, 4) is 0 Å². The van der Waals surface area contributed by atoms with Crippen molar-refractivity contribution in [2.45, 2.75) is 32.2 Å². The molecule has 0 radical (unpaired) electrons. The highest BCUT2D eigenvalue weighted by Crippen LogP contribution is 2.05. The summed E-state index contributed by atoms with van der Waals surface area (Å²) in [7, 11) is 0. The van der Waals surface area contributed by atoms with Crippen molar-refractivity contribution >= 4 is 23.2 Å². The van der Waals surface area contributed by atoms with Gasteiger partial charge in [-0.1, -0.05) is 6.92 Å². The average Bonchev–Trinajstić information content (AvgIpc) is 2.76. The number of aliphatic carboxylic acids is 1. The third-order valence-corrected chi connectivity index (χ3v) is 2.79. The number of nitrogens with one attached hydrogen (secondary N) is 1. The van der Waals surface area contributed by atoms with Gasteiger partial charge in [0.2, 0.25) is 0 Å². The normalized spacial score (nSPS) is 12.1. The molecule has 16 heavy (non-hydrogen) atoms. The van der Waals surface area contributed by atoms with Gasteiger partial charge >= 0.3 is 5.97 Å². The fourth-order valence-corrected chi connectivity index (χ4v) is 1.79. The molecule has 0 bridgehead atoms. The summed E-state index contributed by atoms with van der Waals surface area (Å²) in [6.45, 7) is 1.91.